The fraction of sp³-hybridized carbons (Fsp3) is 0.240. The number of carbonyl (C=O) groups is 1. The number of amides is 1. The van der Waals surface area contributed by atoms with Crippen LogP contribution in [0.1, 0.15) is 23.6 Å². The fourth-order valence-electron chi connectivity index (χ4n) is 4.47. The predicted molar refractivity (Wildman–Crippen MR) is 120 cm³/mol. The number of carbonyl (C=O) groups excluding carboxylic acids is 1. The van der Waals surface area contributed by atoms with E-state index in [1.54, 1.807) is 32.4 Å². The van der Waals surface area contributed by atoms with Gasteiger partial charge in [0.15, 0.2) is 5.65 Å². The van der Waals surface area contributed by atoms with Crippen molar-refractivity contribution in [3.8, 4) is 0 Å². The predicted octanol–water partition coefficient (Wildman–Crippen LogP) is 3.40. The zero-order valence-corrected chi connectivity index (χ0v) is 17.5. The molecule has 2 aromatic carbocycles. The van der Waals surface area contributed by atoms with Gasteiger partial charge in [0, 0.05) is 19.3 Å². The third-order valence-corrected chi connectivity index (χ3v) is 6.03. The van der Waals surface area contributed by atoms with Gasteiger partial charge >= 0.3 is 5.69 Å². The SMILES string of the molecule is O=C(Cc1cccc(F)c1)N1CC[C@@H](n2c(=O)n(Cc3ccccc3)c3cccnc32)C1. The zero-order chi connectivity index (χ0) is 22.1. The standard InChI is InChI=1S/C25H23FN4O2/c26-20-9-4-8-19(14-20)15-23(31)28-13-11-21(17-28)30-24-22(10-5-12-27-24)29(25(30)32)16-18-6-2-1-3-7-18/h1-10,12,14,21H,11,13,15-17H2/t21-/m1/s1. The molecule has 7 heteroatoms. The van der Waals surface area contributed by atoms with Crippen molar-refractivity contribution in [2.75, 3.05) is 13.1 Å². The van der Waals surface area contributed by atoms with E-state index in [4.69, 9.17) is 0 Å². The molecule has 0 radical (unpaired) electrons. The molecular formula is C25H23FN4O2. The summed E-state index contributed by atoms with van der Waals surface area (Å²) in [7, 11) is 0. The molecule has 1 fully saturated rings. The van der Waals surface area contributed by atoms with Crippen LogP contribution in [0.5, 0.6) is 0 Å². The molecule has 0 spiro atoms. The molecule has 2 aromatic heterocycles. The first kappa shape index (κ1) is 20.2. The van der Waals surface area contributed by atoms with Gasteiger partial charge in [-0.15, -0.1) is 0 Å². The molecule has 0 N–H and O–H groups in total. The Hall–Kier alpha value is -3.74. The summed E-state index contributed by atoms with van der Waals surface area (Å²) in [4.78, 5) is 32.5. The lowest BCUT2D eigenvalue weighted by atomic mass is 10.1. The van der Waals surface area contributed by atoms with Gasteiger partial charge in [0.05, 0.1) is 24.5 Å². The van der Waals surface area contributed by atoms with Crippen molar-refractivity contribution in [2.45, 2.75) is 25.4 Å². The maximum atomic E-state index is 13.5. The number of aromatic nitrogens is 3. The van der Waals surface area contributed by atoms with E-state index >= 15 is 0 Å². The number of likely N-dealkylation sites (tertiary alicyclic amines) is 1. The maximum absolute atomic E-state index is 13.5. The molecule has 1 aliphatic heterocycles. The number of rotatable bonds is 5. The van der Waals surface area contributed by atoms with Gasteiger partial charge in [-0.3, -0.25) is 13.9 Å². The minimum absolute atomic E-state index is 0.0628. The van der Waals surface area contributed by atoms with E-state index in [-0.39, 0.29) is 29.9 Å². The first-order valence-electron chi connectivity index (χ1n) is 10.7. The number of fused-ring (bicyclic) bond motifs is 1. The summed E-state index contributed by atoms with van der Waals surface area (Å²) in [5, 5.41) is 0. The molecule has 5 rings (SSSR count). The molecular weight excluding hydrogens is 407 g/mol. The van der Waals surface area contributed by atoms with Crippen molar-refractivity contribution in [1.29, 1.82) is 0 Å². The second kappa shape index (κ2) is 8.42. The summed E-state index contributed by atoms with van der Waals surface area (Å²) in [5.74, 6) is -0.411. The van der Waals surface area contributed by atoms with Crippen LogP contribution >= 0.6 is 0 Å². The molecule has 1 amide bonds. The summed E-state index contributed by atoms with van der Waals surface area (Å²) in [5.41, 5.74) is 2.99. The molecule has 162 valence electrons. The third-order valence-electron chi connectivity index (χ3n) is 6.03. The Morgan fingerprint density at radius 1 is 1.03 bits per heavy atom. The van der Waals surface area contributed by atoms with E-state index in [2.05, 4.69) is 4.98 Å². The van der Waals surface area contributed by atoms with Crippen molar-refractivity contribution < 1.29 is 9.18 Å². The molecule has 0 unspecified atom stereocenters. The van der Waals surface area contributed by atoms with Gasteiger partial charge in [-0.2, -0.15) is 0 Å². The minimum atomic E-state index is -0.349. The normalized spacial score (nSPS) is 16.0. The maximum Gasteiger partial charge on any atom is 0.330 e. The summed E-state index contributed by atoms with van der Waals surface area (Å²) in [6, 6.07) is 19.6. The first-order valence-corrected chi connectivity index (χ1v) is 10.7. The lowest BCUT2D eigenvalue weighted by Gasteiger charge is -2.17. The van der Waals surface area contributed by atoms with E-state index in [9.17, 15) is 14.0 Å². The second-order valence-electron chi connectivity index (χ2n) is 8.16. The highest BCUT2D eigenvalue weighted by Crippen LogP contribution is 2.25. The minimum Gasteiger partial charge on any atom is -0.340 e. The largest absolute Gasteiger partial charge is 0.340 e. The summed E-state index contributed by atoms with van der Waals surface area (Å²) in [6.07, 6.45) is 2.51. The molecule has 1 aliphatic rings. The Bertz CT molecular complexity index is 1330. The number of halogens is 1. The van der Waals surface area contributed by atoms with Gasteiger partial charge in [-0.1, -0.05) is 42.5 Å². The van der Waals surface area contributed by atoms with E-state index in [0.717, 1.165) is 11.1 Å². The Kier molecular flexibility index (Phi) is 5.31. The number of hydrogen-bond acceptors (Lipinski definition) is 3. The Balaban J connectivity index is 1.41. The molecule has 4 aromatic rings. The van der Waals surface area contributed by atoms with Crippen LogP contribution in [0.15, 0.2) is 77.7 Å². The Morgan fingerprint density at radius 2 is 1.84 bits per heavy atom. The van der Waals surface area contributed by atoms with Crippen LogP contribution in [-0.4, -0.2) is 38.0 Å². The van der Waals surface area contributed by atoms with Gasteiger partial charge in [0.1, 0.15) is 5.82 Å². The van der Waals surface area contributed by atoms with Crippen LogP contribution in [0.2, 0.25) is 0 Å². The number of pyridine rings is 1. The van der Waals surface area contributed by atoms with E-state index in [1.807, 2.05) is 42.5 Å². The average molecular weight is 430 g/mol. The van der Waals surface area contributed by atoms with Crippen molar-refractivity contribution in [3.05, 3.63) is 100 Å². The van der Waals surface area contributed by atoms with Crippen LogP contribution in [0.3, 0.4) is 0 Å². The van der Waals surface area contributed by atoms with E-state index in [0.29, 0.717) is 37.3 Å². The number of benzene rings is 2. The summed E-state index contributed by atoms with van der Waals surface area (Å²) in [6.45, 7) is 1.46. The van der Waals surface area contributed by atoms with Gasteiger partial charge in [0.2, 0.25) is 5.91 Å². The summed E-state index contributed by atoms with van der Waals surface area (Å²) >= 11 is 0. The van der Waals surface area contributed by atoms with E-state index < -0.39 is 0 Å². The fourth-order valence-corrected chi connectivity index (χ4v) is 4.47. The highest BCUT2D eigenvalue weighted by molar-refractivity contribution is 5.79. The van der Waals surface area contributed by atoms with Crippen LogP contribution < -0.4 is 5.69 Å². The molecule has 3 heterocycles. The lowest BCUT2D eigenvalue weighted by Crippen LogP contribution is -2.33. The van der Waals surface area contributed by atoms with Gasteiger partial charge < -0.3 is 4.90 Å². The van der Waals surface area contributed by atoms with Gasteiger partial charge in [0.25, 0.3) is 0 Å². The van der Waals surface area contributed by atoms with Crippen LogP contribution in [0, 0.1) is 5.82 Å². The average Bonchev–Trinajstić information content (AvgIpc) is 3.38. The topological polar surface area (TPSA) is 60.1 Å². The zero-order valence-electron chi connectivity index (χ0n) is 17.5. The molecule has 1 atom stereocenters. The molecule has 1 saturated heterocycles. The smallest absolute Gasteiger partial charge is 0.330 e. The van der Waals surface area contributed by atoms with Crippen LogP contribution in [0.25, 0.3) is 11.2 Å². The highest BCUT2D eigenvalue weighted by Gasteiger charge is 2.31. The number of imidazole rings is 1. The summed E-state index contributed by atoms with van der Waals surface area (Å²) < 4.78 is 16.9. The molecule has 0 aliphatic carbocycles. The van der Waals surface area contributed by atoms with Crippen LogP contribution in [0.4, 0.5) is 4.39 Å². The van der Waals surface area contributed by atoms with Crippen molar-refractivity contribution in [3.63, 3.8) is 0 Å². The van der Waals surface area contributed by atoms with Crippen LogP contribution in [-0.2, 0) is 17.8 Å². The second-order valence-corrected chi connectivity index (χ2v) is 8.16. The monoisotopic (exact) mass is 430 g/mol. The quantitative estimate of drug-likeness (QED) is 0.488. The Labute approximate surface area is 184 Å². The number of nitrogens with zero attached hydrogens (tertiary/aromatic N) is 4. The first-order chi connectivity index (χ1) is 15.6. The van der Waals surface area contributed by atoms with Gasteiger partial charge in [-0.25, -0.2) is 14.2 Å². The number of hydrogen-bond donors (Lipinski definition) is 0. The molecule has 0 saturated carbocycles. The highest BCUT2D eigenvalue weighted by atomic mass is 19.1. The lowest BCUT2D eigenvalue weighted by molar-refractivity contribution is -0.129. The third kappa shape index (κ3) is 3.82. The van der Waals surface area contributed by atoms with E-state index in [1.165, 1.54) is 12.1 Å². The van der Waals surface area contributed by atoms with Crippen molar-refractivity contribution >= 4 is 17.1 Å². The Morgan fingerprint density at radius 3 is 2.66 bits per heavy atom. The van der Waals surface area contributed by atoms with Gasteiger partial charge in [-0.05, 0) is 41.8 Å². The molecule has 6 nitrogen and oxygen atoms in total. The molecule has 32 heavy (non-hydrogen) atoms. The van der Waals surface area contributed by atoms with Crippen molar-refractivity contribution in [2.24, 2.45) is 0 Å². The van der Waals surface area contributed by atoms with Crippen molar-refractivity contribution in [1.82, 2.24) is 19.0 Å². The molecule has 0 bridgehead atoms.